The van der Waals surface area contributed by atoms with Gasteiger partial charge in [0.1, 0.15) is 6.54 Å². The molecule has 156 valence electrons. The average molecular weight is 416 g/mol. The second-order valence-electron chi connectivity index (χ2n) is 8.37. The maximum Gasteiger partial charge on any atom is 0.253 e. The van der Waals surface area contributed by atoms with Crippen molar-refractivity contribution >= 4 is 35.2 Å². The van der Waals surface area contributed by atoms with E-state index in [0.29, 0.717) is 22.9 Å². The Labute approximate surface area is 176 Å². The van der Waals surface area contributed by atoms with Crippen LogP contribution in [0, 0.1) is 5.92 Å². The highest BCUT2D eigenvalue weighted by Crippen LogP contribution is 2.36. The molecule has 0 spiro atoms. The van der Waals surface area contributed by atoms with Crippen LogP contribution < -0.4 is 4.90 Å². The molecule has 4 rings (SSSR count). The largest absolute Gasteiger partial charge is 0.341 e. The molecule has 2 fully saturated rings. The zero-order valence-corrected chi connectivity index (χ0v) is 17.9. The minimum Gasteiger partial charge on any atom is -0.341 e. The number of amides is 3. The number of carbonyl (C=O) groups excluding carboxylic acids is 3. The molecule has 3 amide bonds. The van der Waals surface area contributed by atoms with Gasteiger partial charge in [-0.25, -0.2) is 0 Å². The first-order chi connectivity index (χ1) is 14.0. The Morgan fingerprint density at radius 1 is 1.03 bits per heavy atom. The summed E-state index contributed by atoms with van der Waals surface area (Å²) in [5.41, 5.74) is 1.30. The van der Waals surface area contributed by atoms with Crippen LogP contribution in [-0.2, 0) is 9.59 Å². The number of thioether (sulfide) groups is 1. The van der Waals surface area contributed by atoms with Gasteiger partial charge < -0.3 is 14.7 Å². The van der Waals surface area contributed by atoms with Gasteiger partial charge in [0.2, 0.25) is 11.8 Å². The lowest BCUT2D eigenvalue weighted by atomic mass is 9.99. The summed E-state index contributed by atoms with van der Waals surface area (Å²) in [6, 6.07) is 5.58. The Morgan fingerprint density at radius 2 is 1.76 bits per heavy atom. The number of hydrogen-bond acceptors (Lipinski definition) is 4. The van der Waals surface area contributed by atoms with Crippen LogP contribution in [0.15, 0.2) is 23.1 Å². The van der Waals surface area contributed by atoms with E-state index in [1.807, 2.05) is 28.0 Å². The summed E-state index contributed by atoms with van der Waals surface area (Å²) >= 11 is 1.48. The normalized spacial score (nSPS) is 20.6. The van der Waals surface area contributed by atoms with Gasteiger partial charge in [0, 0.05) is 36.6 Å². The molecular weight excluding hydrogens is 386 g/mol. The molecule has 6 nitrogen and oxygen atoms in total. The molecule has 2 saturated heterocycles. The van der Waals surface area contributed by atoms with Crippen molar-refractivity contribution < 1.29 is 14.4 Å². The van der Waals surface area contributed by atoms with Crippen molar-refractivity contribution in [2.24, 2.45) is 5.92 Å². The lowest BCUT2D eigenvalue weighted by Gasteiger charge is -2.34. The highest BCUT2D eigenvalue weighted by atomic mass is 32.2. The van der Waals surface area contributed by atoms with Crippen molar-refractivity contribution in [1.29, 1.82) is 0 Å². The zero-order chi connectivity index (χ0) is 20.4. The van der Waals surface area contributed by atoms with Gasteiger partial charge in [-0.2, -0.15) is 0 Å². The number of benzene rings is 1. The van der Waals surface area contributed by atoms with Crippen LogP contribution in [0.4, 0.5) is 5.69 Å². The van der Waals surface area contributed by atoms with Gasteiger partial charge in [0.15, 0.2) is 0 Å². The first-order valence-electron chi connectivity index (χ1n) is 10.7. The second kappa shape index (κ2) is 8.78. The predicted molar refractivity (Wildman–Crippen MR) is 114 cm³/mol. The Morgan fingerprint density at radius 3 is 2.48 bits per heavy atom. The number of fused-ring (bicyclic) bond motifs is 1. The quantitative estimate of drug-likeness (QED) is 0.761. The first-order valence-corrected chi connectivity index (χ1v) is 11.7. The third-order valence-corrected chi connectivity index (χ3v) is 7.27. The number of rotatable bonds is 3. The van der Waals surface area contributed by atoms with Gasteiger partial charge in [0.25, 0.3) is 5.91 Å². The molecule has 0 aromatic heterocycles. The van der Waals surface area contributed by atoms with Gasteiger partial charge in [-0.05, 0) is 56.2 Å². The molecule has 0 unspecified atom stereocenters. The van der Waals surface area contributed by atoms with Crippen LogP contribution in [0.2, 0.25) is 0 Å². The SMILES string of the molecule is CC1CCN(C(=O)CN2C(=O)CSc3ccc(C(=O)N4CCCCC4)cc32)CC1. The molecule has 0 aliphatic carbocycles. The summed E-state index contributed by atoms with van der Waals surface area (Å²) in [5.74, 6) is 0.930. The highest BCUT2D eigenvalue weighted by Gasteiger charge is 2.30. The molecule has 3 aliphatic rings. The molecule has 0 atom stereocenters. The van der Waals surface area contributed by atoms with Crippen LogP contribution in [-0.4, -0.2) is 66.0 Å². The minimum absolute atomic E-state index is 0.00383. The summed E-state index contributed by atoms with van der Waals surface area (Å²) < 4.78 is 0. The Hall–Kier alpha value is -2.02. The maximum absolute atomic E-state index is 12.9. The first kappa shape index (κ1) is 20.3. The second-order valence-corrected chi connectivity index (χ2v) is 9.38. The van der Waals surface area contributed by atoms with E-state index in [-0.39, 0.29) is 24.3 Å². The van der Waals surface area contributed by atoms with Crippen LogP contribution in [0.3, 0.4) is 0 Å². The van der Waals surface area contributed by atoms with E-state index >= 15 is 0 Å². The number of nitrogens with zero attached hydrogens (tertiary/aromatic N) is 3. The van der Waals surface area contributed by atoms with Crippen molar-refractivity contribution in [1.82, 2.24) is 9.80 Å². The maximum atomic E-state index is 12.9. The summed E-state index contributed by atoms with van der Waals surface area (Å²) in [7, 11) is 0. The van der Waals surface area contributed by atoms with Crippen molar-refractivity contribution in [3.05, 3.63) is 23.8 Å². The lowest BCUT2D eigenvalue weighted by Crippen LogP contribution is -2.47. The molecular formula is C22H29N3O3S. The molecule has 7 heteroatoms. The number of likely N-dealkylation sites (tertiary alicyclic amines) is 2. The van der Waals surface area contributed by atoms with Crippen LogP contribution in [0.5, 0.6) is 0 Å². The average Bonchev–Trinajstić information content (AvgIpc) is 2.76. The third-order valence-electron chi connectivity index (χ3n) is 6.22. The van der Waals surface area contributed by atoms with Gasteiger partial charge in [-0.3, -0.25) is 14.4 Å². The van der Waals surface area contributed by atoms with E-state index in [4.69, 9.17) is 0 Å². The fraction of sp³-hybridized carbons (Fsp3) is 0.591. The van der Waals surface area contributed by atoms with E-state index in [0.717, 1.165) is 56.8 Å². The fourth-order valence-corrected chi connectivity index (χ4v) is 5.20. The van der Waals surface area contributed by atoms with Crippen molar-refractivity contribution in [3.8, 4) is 0 Å². The number of piperidine rings is 2. The van der Waals surface area contributed by atoms with E-state index in [9.17, 15) is 14.4 Å². The van der Waals surface area contributed by atoms with Crippen molar-refractivity contribution in [3.63, 3.8) is 0 Å². The molecule has 1 aromatic carbocycles. The number of carbonyl (C=O) groups is 3. The minimum atomic E-state index is -0.0659. The number of anilines is 1. The molecule has 3 heterocycles. The summed E-state index contributed by atoms with van der Waals surface area (Å²) in [6.45, 7) is 5.37. The van der Waals surface area contributed by atoms with E-state index in [2.05, 4.69) is 6.92 Å². The Bertz CT molecular complexity index is 798. The molecule has 1 aromatic rings. The van der Waals surface area contributed by atoms with Gasteiger partial charge >= 0.3 is 0 Å². The monoisotopic (exact) mass is 415 g/mol. The molecule has 0 saturated carbocycles. The number of hydrogen-bond donors (Lipinski definition) is 0. The van der Waals surface area contributed by atoms with Crippen LogP contribution in [0.1, 0.15) is 49.4 Å². The Kier molecular flexibility index (Phi) is 6.13. The van der Waals surface area contributed by atoms with Crippen molar-refractivity contribution in [2.45, 2.75) is 43.9 Å². The smallest absolute Gasteiger partial charge is 0.253 e. The summed E-state index contributed by atoms with van der Waals surface area (Å²) in [5, 5.41) is 0. The standard InChI is InChI=1S/C22H29N3O3S/c1-16-7-11-23(12-8-16)20(26)14-25-18-13-17(5-6-19(18)29-15-21(25)27)22(28)24-9-3-2-4-10-24/h5-6,13,16H,2-4,7-12,14-15H2,1H3. The summed E-state index contributed by atoms with van der Waals surface area (Å²) in [6.07, 6.45) is 5.28. The summed E-state index contributed by atoms with van der Waals surface area (Å²) in [4.78, 5) is 44.7. The van der Waals surface area contributed by atoms with E-state index < -0.39 is 0 Å². The molecule has 0 N–H and O–H groups in total. The van der Waals surface area contributed by atoms with Gasteiger partial charge in [-0.1, -0.05) is 6.92 Å². The lowest BCUT2D eigenvalue weighted by molar-refractivity contribution is -0.132. The van der Waals surface area contributed by atoms with Gasteiger partial charge in [-0.15, -0.1) is 11.8 Å². The molecule has 0 radical (unpaired) electrons. The van der Waals surface area contributed by atoms with Crippen LogP contribution >= 0.6 is 11.8 Å². The molecule has 29 heavy (non-hydrogen) atoms. The highest BCUT2D eigenvalue weighted by molar-refractivity contribution is 8.00. The van der Waals surface area contributed by atoms with E-state index in [1.165, 1.54) is 18.2 Å². The Balaban J connectivity index is 1.53. The molecule has 3 aliphatic heterocycles. The zero-order valence-electron chi connectivity index (χ0n) is 17.1. The molecule has 0 bridgehead atoms. The van der Waals surface area contributed by atoms with Gasteiger partial charge in [0.05, 0.1) is 11.4 Å². The predicted octanol–water partition coefficient (Wildman–Crippen LogP) is 3.01. The topological polar surface area (TPSA) is 60.9 Å². The van der Waals surface area contributed by atoms with Crippen LogP contribution in [0.25, 0.3) is 0 Å². The third kappa shape index (κ3) is 4.44. The van der Waals surface area contributed by atoms with Crippen molar-refractivity contribution in [2.75, 3.05) is 43.4 Å². The van der Waals surface area contributed by atoms with E-state index in [1.54, 1.807) is 4.90 Å². The fourth-order valence-electron chi connectivity index (χ4n) is 4.28.